The van der Waals surface area contributed by atoms with E-state index in [1.54, 1.807) is 30.3 Å². The highest BCUT2D eigenvalue weighted by atomic mass is 79.9. The molecule has 33 heavy (non-hydrogen) atoms. The maximum atomic E-state index is 12.3. The van der Waals surface area contributed by atoms with Crippen LogP contribution in [0, 0.1) is 0 Å². The maximum absolute atomic E-state index is 12.3. The zero-order chi connectivity index (χ0) is 24.0. The molecule has 2 aromatic rings. The predicted molar refractivity (Wildman–Crippen MR) is 128 cm³/mol. The first-order valence-electron chi connectivity index (χ1n) is 9.44. The van der Waals surface area contributed by atoms with Gasteiger partial charge in [0.25, 0.3) is 0 Å². The lowest BCUT2D eigenvalue weighted by atomic mass is 10.1. The van der Waals surface area contributed by atoms with Gasteiger partial charge < -0.3 is 25.2 Å². The molecule has 2 aromatic carbocycles. The lowest BCUT2D eigenvalue weighted by Crippen LogP contribution is -2.28. The molecule has 1 atom stereocenters. The van der Waals surface area contributed by atoms with Gasteiger partial charge in [-0.15, -0.1) is 5.10 Å². The van der Waals surface area contributed by atoms with Gasteiger partial charge in [-0.25, -0.2) is 4.79 Å². The van der Waals surface area contributed by atoms with Gasteiger partial charge in [0.15, 0.2) is 16.7 Å². The number of benzene rings is 2. The number of carboxylic acids is 1. The second-order valence-corrected chi connectivity index (χ2v) is 8.68. The number of hydrogen-bond acceptors (Lipinski definition) is 8. The van der Waals surface area contributed by atoms with Crippen LogP contribution < -0.4 is 20.1 Å². The van der Waals surface area contributed by atoms with E-state index in [9.17, 15) is 19.5 Å². The van der Waals surface area contributed by atoms with Gasteiger partial charge >= 0.3 is 5.97 Å². The van der Waals surface area contributed by atoms with Gasteiger partial charge in [0.1, 0.15) is 10.8 Å². The number of hydrogen-bond donors (Lipinski definition) is 3. The van der Waals surface area contributed by atoms with Gasteiger partial charge in [0.05, 0.1) is 20.4 Å². The summed E-state index contributed by atoms with van der Waals surface area (Å²) in [6, 6.07) is 10.1. The van der Waals surface area contributed by atoms with Crippen molar-refractivity contribution in [3.05, 3.63) is 52.0 Å². The highest BCUT2D eigenvalue weighted by Crippen LogP contribution is 2.33. The molecule has 1 aliphatic rings. The van der Waals surface area contributed by atoms with Crippen molar-refractivity contribution in [1.82, 2.24) is 5.32 Å². The van der Waals surface area contributed by atoms with Crippen LogP contribution in [0.3, 0.4) is 0 Å². The van der Waals surface area contributed by atoms with E-state index < -0.39 is 11.2 Å². The minimum absolute atomic E-state index is 0.0475. The Kier molecular flexibility index (Phi) is 8.06. The fourth-order valence-corrected chi connectivity index (χ4v) is 4.10. The summed E-state index contributed by atoms with van der Waals surface area (Å²) < 4.78 is 11.2. The van der Waals surface area contributed by atoms with E-state index in [0.29, 0.717) is 5.69 Å². The summed E-state index contributed by atoms with van der Waals surface area (Å²) >= 11 is 4.39. The zero-order valence-electron chi connectivity index (χ0n) is 17.5. The monoisotopic (exact) mass is 534 g/mol. The molecule has 10 nitrogen and oxygen atoms in total. The molecule has 0 radical (unpaired) electrons. The van der Waals surface area contributed by atoms with E-state index >= 15 is 0 Å². The number of thioether (sulfide) groups is 1. The Morgan fingerprint density at radius 2 is 1.94 bits per heavy atom. The molecule has 1 heterocycles. The zero-order valence-corrected chi connectivity index (χ0v) is 19.9. The third kappa shape index (κ3) is 6.11. The molecular weight excluding hydrogens is 516 g/mol. The number of ether oxygens (including phenoxy) is 2. The second kappa shape index (κ2) is 11.0. The average Bonchev–Trinajstić information content (AvgIpc) is 3.13. The Morgan fingerprint density at radius 1 is 1.21 bits per heavy atom. The minimum Gasteiger partial charge on any atom is -0.493 e. The first kappa shape index (κ1) is 24.3. The lowest BCUT2D eigenvalue weighted by molar-refractivity contribution is -0.122. The number of halogens is 1. The first-order valence-corrected chi connectivity index (χ1v) is 11.1. The summed E-state index contributed by atoms with van der Waals surface area (Å²) in [5.41, 5.74) is 0.727. The van der Waals surface area contributed by atoms with Crippen molar-refractivity contribution in [3.8, 4) is 11.5 Å². The van der Waals surface area contributed by atoms with Crippen molar-refractivity contribution < 1.29 is 29.0 Å². The van der Waals surface area contributed by atoms with Crippen LogP contribution in [0.1, 0.15) is 22.3 Å². The fourth-order valence-electron chi connectivity index (χ4n) is 2.91. The SMILES string of the molecule is COc1ccc(/C=N/N=C2\NC(=O)C(CC(=O)Nc3ccc(Br)cc3)S2)c(C(=O)O)c1OC. The van der Waals surface area contributed by atoms with E-state index in [-0.39, 0.29) is 46.0 Å². The molecule has 0 saturated carbocycles. The van der Waals surface area contributed by atoms with Gasteiger partial charge in [-0.1, -0.05) is 27.7 Å². The third-order valence-electron chi connectivity index (χ3n) is 4.41. The number of rotatable bonds is 8. The van der Waals surface area contributed by atoms with Crippen LogP contribution in [-0.4, -0.2) is 53.7 Å². The smallest absolute Gasteiger partial charge is 0.340 e. The van der Waals surface area contributed by atoms with Gasteiger partial charge in [-0.2, -0.15) is 5.10 Å². The minimum atomic E-state index is -1.22. The average molecular weight is 535 g/mol. The Morgan fingerprint density at radius 3 is 2.58 bits per heavy atom. The highest BCUT2D eigenvalue weighted by Gasteiger charge is 2.32. The van der Waals surface area contributed by atoms with Gasteiger partial charge in [-0.3, -0.25) is 9.59 Å². The molecule has 0 spiro atoms. The van der Waals surface area contributed by atoms with Crippen molar-refractivity contribution in [2.45, 2.75) is 11.7 Å². The Labute approximate surface area is 201 Å². The number of nitrogens with zero attached hydrogens (tertiary/aromatic N) is 2. The number of anilines is 1. The number of aromatic carboxylic acids is 1. The van der Waals surface area contributed by atoms with E-state index in [1.165, 1.54) is 26.5 Å². The van der Waals surface area contributed by atoms with E-state index in [1.807, 2.05) is 0 Å². The summed E-state index contributed by atoms with van der Waals surface area (Å²) in [6.45, 7) is 0. The summed E-state index contributed by atoms with van der Waals surface area (Å²) in [6.07, 6.45) is 1.19. The molecule has 2 amide bonds. The number of carbonyl (C=O) groups is 3. The van der Waals surface area contributed by atoms with Crippen molar-refractivity contribution in [3.63, 3.8) is 0 Å². The molecule has 172 valence electrons. The molecule has 3 rings (SSSR count). The number of carbonyl (C=O) groups excluding carboxylic acids is 2. The van der Waals surface area contributed by atoms with Gasteiger partial charge in [0, 0.05) is 22.1 Å². The molecule has 1 fully saturated rings. The summed E-state index contributed by atoms with van der Waals surface area (Å²) in [5.74, 6) is -1.58. The van der Waals surface area contributed by atoms with Crippen molar-refractivity contribution in [1.29, 1.82) is 0 Å². The molecule has 0 bridgehead atoms. The number of nitrogens with one attached hydrogen (secondary N) is 2. The molecule has 1 unspecified atom stereocenters. The number of carboxylic acid groups (broad SMARTS) is 1. The van der Waals surface area contributed by atoms with Crippen LogP contribution in [0.25, 0.3) is 0 Å². The number of methoxy groups -OCH3 is 2. The maximum Gasteiger partial charge on any atom is 0.340 e. The number of amides is 2. The first-order chi connectivity index (χ1) is 15.8. The normalized spacial score (nSPS) is 16.6. The molecule has 12 heteroatoms. The van der Waals surface area contributed by atoms with Crippen molar-refractivity contribution >= 4 is 62.5 Å². The molecule has 1 saturated heterocycles. The lowest BCUT2D eigenvalue weighted by Gasteiger charge is -2.11. The molecule has 0 aliphatic carbocycles. The molecule has 0 aromatic heterocycles. The van der Waals surface area contributed by atoms with E-state index in [4.69, 9.17) is 9.47 Å². The fraction of sp³-hybridized carbons (Fsp3) is 0.190. The van der Waals surface area contributed by atoms with E-state index in [2.05, 4.69) is 36.8 Å². The topological polar surface area (TPSA) is 139 Å². The quantitative estimate of drug-likeness (QED) is 0.349. The number of amidine groups is 1. The second-order valence-electron chi connectivity index (χ2n) is 6.58. The van der Waals surface area contributed by atoms with Crippen LogP contribution >= 0.6 is 27.7 Å². The van der Waals surface area contributed by atoms with Crippen molar-refractivity contribution in [2.75, 3.05) is 19.5 Å². The highest BCUT2D eigenvalue weighted by molar-refractivity contribution is 9.10. The Hall–Kier alpha value is -3.38. The Bertz CT molecular complexity index is 1140. The van der Waals surface area contributed by atoms with Gasteiger partial charge in [0.2, 0.25) is 11.8 Å². The Balaban J connectivity index is 1.67. The van der Waals surface area contributed by atoms with Gasteiger partial charge in [-0.05, 0) is 36.4 Å². The molecule has 1 aliphatic heterocycles. The summed E-state index contributed by atoms with van der Waals surface area (Å²) in [7, 11) is 2.74. The largest absolute Gasteiger partial charge is 0.493 e. The molecule has 3 N–H and O–H groups in total. The van der Waals surface area contributed by atoms with Crippen LogP contribution in [-0.2, 0) is 9.59 Å². The predicted octanol–water partition coefficient (Wildman–Crippen LogP) is 3.11. The summed E-state index contributed by atoms with van der Waals surface area (Å²) in [4.78, 5) is 36.1. The van der Waals surface area contributed by atoms with Crippen molar-refractivity contribution in [2.24, 2.45) is 10.2 Å². The van der Waals surface area contributed by atoms with Crippen LogP contribution in [0.5, 0.6) is 11.5 Å². The van der Waals surface area contributed by atoms with Crippen LogP contribution in [0.4, 0.5) is 5.69 Å². The molecular formula is C21H19BrN4O6S. The van der Waals surface area contributed by atoms with Crippen LogP contribution in [0.2, 0.25) is 0 Å². The van der Waals surface area contributed by atoms with E-state index in [0.717, 1.165) is 16.2 Å². The third-order valence-corrected chi connectivity index (χ3v) is 6.01. The van der Waals surface area contributed by atoms with Crippen LogP contribution in [0.15, 0.2) is 51.1 Å². The standard InChI is InChI=1S/C21H19BrN4O6S/c1-31-14-8-3-11(17(20(29)30)18(14)32-2)10-23-26-21-25-19(28)15(33-21)9-16(27)24-13-6-4-12(22)5-7-13/h3-8,10,15H,9H2,1-2H3,(H,24,27)(H,29,30)(H,25,26,28)/b23-10+. The summed E-state index contributed by atoms with van der Waals surface area (Å²) in [5, 5.41) is 22.2.